The van der Waals surface area contributed by atoms with Crippen molar-refractivity contribution in [3.8, 4) is 5.75 Å². The van der Waals surface area contributed by atoms with Gasteiger partial charge in [-0.2, -0.15) is 5.10 Å². The largest absolute Gasteiger partial charge is 0.464 e. The maximum atomic E-state index is 11.3. The molecular weight excluding hydrogens is 450 g/mol. The topological polar surface area (TPSA) is 81.1 Å². The van der Waals surface area contributed by atoms with Gasteiger partial charge in [0, 0.05) is 40.6 Å². The van der Waals surface area contributed by atoms with Crippen LogP contribution in [0, 0.1) is 10.1 Å². The lowest BCUT2D eigenvalue weighted by atomic mass is 9.97. The molecule has 152 valence electrons. The molecule has 2 atom stereocenters. The molecule has 0 bridgehead atoms. The van der Waals surface area contributed by atoms with Crippen LogP contribution >= 0.6 is 15.9 Å². The van der Waals surface area contributed by atoms with Crippen molar-refractivity contribution in [2.24, 2.45) is 5.10 Å². The van der Waals surface area contributed by atoms with E-state index in [9.17, 15) is 10.1 Å². The molecule has 3 aromatic rings. The molecule has 0 fully saturated rings. The first-order chi connectivity index (χ1) is 14.5. The molecule has 0 amide bonds. The quantitative estimate of drug-likeness (QED) is 0.360. The van der Waals surface area contributed by atoms with Crippen LogP contribution in [0.5, 0.6) is 5.75 Å². The molecular formula is C22H18BrN3O4. The summed E-state index contributed by atoms with van der Waals surface area (Å²) in [7, 11) is 0. The summed E-state index contributed by atoms with van der Waals surface area (Å²) in [6.45, 7) is 2.04. The van der Waals surface area contributed by atoms with Gasteiger partial charge in [-0.1, -0.05) is 35.0 Å². The van der Waals surface area contributed by atoms with E-state index < -0.39 is 11.2 Å². The number of nitro benzene ring substituents is 1. The minimum atomic E-state index is -0.568. The lowest BCUT2D eigenvalue weighted by molar-refractivity contribution is -0.385. The van der Waals surface area contributed by atoms with Crippen molar-refractivity contribution in [2.45, 2.75) is 32.0 Å². The Hall–Kier alpha value is -3.13. The van der Waals surface area contributed by atoms with Crippen molar-refractivity contribution in [3.05, 3.63) is 91.8 Å². The fourth-order valence-electron chi connectivity index (χ4n) is 3.94. The van der Waals surface area contributed by atoms with E-state index in [1.165, 1.54) is 6.07 Å². The number of hydrazone groups is 1. The zero-order chi connectivity index (χ0) is 20.8. The van der Waals surface area contributed by atoms with E-state index in [1.54, 1.807) is 12.1 Å². The Morgan fingerprint density at radius 2 is 2.10 bits per heavy atom. The highest BCUT2D eigenvalue weighted by molar-refractivity contribution is 9.10. The molecule has 5 rings (SSSR count). The van der Waals surface area contributed by atoms with Crippen LogP contribution in [-0.2, 0) is 6.42 Å². The Kier molecular flexibility index (Phi) is 4.58. The van der Waals surface area contributed by atoms with Crippen LogP contribution in [0.4, 0.5) is 5.69 Å². The van der Waals surface area contributed by atoms with E-state index in [-0.39, 0.29) is 11.7 Å². The lowest BCUT2D eigenvalue weighted by Crippen LogP contribution is -2.33. The van der Waals surface area contributed by atoms with Gasteiger partial charge in [0.25, 0.3) is 5.69 Å². The molecule has 30 heavy (non-hydrogen) atoms. The SMILES string of the molecule is CCc1ccc(C2=NN3C(C2)c2cc(Br)ccc2OC3c2cccc([N+](=O)[O-])c2)o1. The number of ether oxygens (including phenoxy) is 1. The second kappa shape index (κ2) is 7.28. The fraction of sp³-hybridized carbons (Fsp3) is 0.227. The summed E-state index contributed by atoms with van der Waals surface area (Å²) in [6.07, 6.45) is 0.909. The number of aryl methyl sites for hydroxylation is 1. The van der Waals surface area contributed by atoms with Gasteiger partial charge in [0.05, 0.1) is 11.0 Å². The van der Waals surface area contributed by atoms with Gasteiger partial charge in [0.1, 0.15) is 23.0 Å². The summed E-state index contributed by atoms with van der Waals surface area (Å²) in [5, 5.41) is 18.0. The summed E-state index contributed by atoms with van der Waals surface area (Å²) >= 11 is 3.54. The van der Waals surface area contributed by atoms with Crippen molar-refractivity contribution in [3.63, 3.8) is 0 Å². The first kappa shape index (κ1) is 18.9. The number of hydrogen-bond acceptors (Lipinski definition) is 6. The van der Waals surface area contributed by atoms with Gasteiger partial charge in [-0.05, 0) is 30.3 Å². The van der Waals surface area contributed by atoms with Gasteiger partial charge in [0.15, 0.2) is 0 Å². The van der Waals surface area contributed by atoms with Crippen molar-refractivity contribution in [1.29, 1.82) is 0 Å². The second-order valence-electron chi connectivity index (χ2n) is 7.27. The minimum Gasteiger partial charge on any atom is -0.464 e. The highest BCUT2D eigenvalue weighted by Crippen LogP contribution is 2.48. The average Bonchev–Trinajstić information content (AvgIpc) is 3.40. The third-order valence-electron chi connectivity index (χ3n) is 5.41. The molecule has 1 aromatic heterocycles. The van der Waals surface area contributed by atoms with Crippen LogP contribution in [0.15, 0.2) is 68.6 Å². The minimum absolute atomic E-state index is 0.0243. The molecule has 0 saturated heterocycles. The number of halogens is 1. The van der Waals surface area contributed by atoms with Gasteiger partial charge in [0.2, 0.25) is 6.23 Å². The monoisotopic (exact) mass is 467 g/mol. The Morgan fingerprint density at radius 3 is 2.87 bits per heavy atom. The van der Waals surface area contributed by atoms with E-state index >= 15 is 0 Å². The van der Waals surface area contributed by atoms with E-state index in [0.29, 0.717) is 12.0 Å². The number of furan rings is 1. The third-order valence-corrected chi connectivity index (χ3v) is 5.91. The summed E-state index contributed by atoms with van der Waals surface area (Å²) in [4.78, 5) is 10.9. The number of nitro groups is 1. The number of fused-ring (bicyclic) bond motifs is 3. The van der Waals surface area contributed by atoms with E-state index in [4.69, 9.17) is 14.3 Å². The molecule has 2 aromatic carbocycles. The normalized spacial score (nSPS) is 19.7. The Morgan fingerprint density at radius 1 is 1.23 bits per heavy atom. The van der Waals surface area contributed by atoms with Gasteiger partial charge in [-0.15, -0.1) is 0 Å². The molecule has 2 unspecified atom stereocenters. The molecule has 7 nitrogen and oxygen atoms in total. The zero-order valence-electron chi connectivity index (χ0n) is 16.1. The Bertz CT molecular complexity index is 1170. The highest BCUT2D eigenvalue weighted by atomic mass is 79.9. The average molecular weight is 468 g/mol. The molecule has 0 N–H and O–H groups in total. The summed E-state index contributed by atoms with van der Waals surface area (Å²) in [5.74, 6) is 2.41. The molecule has 2 aliphatic heterocycles. The lowest BCUT2D eigenvalue weighted by Gasteiger charge is -2.38. The Labute approximate surface area is 181 Å². The van der Waals surface area contributed by atoms with Crippen LogP contribution < -0.4 is 4.74 Å². The maximum absolute atomic E-state index is 11.3. The second-order valence-corrected chi connectivity index (χ2v) is 8.19. The molecule has 2 aliphatic rings. The molecule has 0 spiro atoms. The van der Waals surface area contributed by atoms with Crippen LogP contribution in [0.3, 0.4) is 0 Å². The number of non-ortho nitro benzene ring substituents is 1. The van der Waals surface area contributed by atoms with Gasteiger partial charge in [-0.25, -0.2) is 5.01 Å². The van der Waals surface area contributed by atoms with E-state index in [1.807, 2.05) is 48.3 Å². The summed E-state index contributed by atoms with van der Waals surface area (Å²) < 4.78 is 13.2. The van der Waals surface area contributed by atoms with Crippen molar-refractivity contribution in [2.75, 3.05) is 0 Å². The van der Waals surface area contributed by atoms with E-state index in [0.717, 1.165) is 39.4 Å². The summed E-state index contributed by atoms with van der Waals surface area (Å²) in [5.41, 5.74) is 2.57. The van der Waals surface area contributed by atoms with Crippen LogP contribution in [0.2, 0.25) is 0 Å². The van der Waals surface area contributed by atoms with Crippen molar-refractivity contribution in [1.82, 2.24) is 5.01 Å². The van der Waals surface area contributed by atoms with Crippen molar-refractivity contribution >= 4 is 27.3 Å². The molecule has 0 saturated carbocycles. The van der Waals surface area contributed by atoms with Crippen LogP contribution in [0.25, 0.3) is 0 Å². The van der Waals surface area contributed by atoms with Crippen LogP contribution in [0.1, 0.15) is 48.3 Å². The molecule has 0 aliphatic carbocycles. The zero-order valence-corrected chi connectivity index (χ0v) is 17.7. The first-order valence-electron chi connectivity index (χ1n) is 9.69. The first-order valence-corrected chi connectivity index (χ1v) is 10.5. The highest BCUT2D eigenvalue weighted by Gasteiger charge is 2.42. The van der Waals surface area contributed by atoms with E-state index in [2.05, 4.69) is 15.9 Å². The standard InChI is InChI=1S/C22H18BrN3O4/c1-2-16-7-9-21(29-16)18-12-19-17-11-14(23)6-8-20(17)30-22(25(19)24-18)13-4-3-5-15(10-13)26(27)28/h3-11,19,22H,2,12H2,1H3. The summed E-state index contributed by atoms with van der Waals surface area (Å²) in [6, 6.07) is 16.3. The number of benzene rings is 2. The smallest absolute Gasteiger partial charge is 0.269 e. The van der Waals surface area contributed by atoms with Gasteiger partial charge >= 0.3 is 0 Å². The van der Waals surface area contributed by atoms with Crippen LogP contribution in [-0.4, -0.2) is 15.6 Å². The number of hydrogen-bond donors (Lipinski definition) is 0. The fourth-order valence-corrected chi connectivity index (χ4v) is 4.32. The Balaban J connectivity index is 1.59. The maximum Gasteiger partial charge on any atom is 0.269 e. The number of nitrogens with zero attached hydrogens (tertiary/aromatic N) is 3. The predicted octanol–water partition coefficient (Wildman–Crippen LogP) is 5.76. The van der Waals surface area contributed by atoms with Crippen molar-refractivity contribution < 1.29 is 14.1 Å². The molecule has 3 heterocycles. The van der Waals surface area contributed by atoms with Gasteiger partial charge in [-0.3, -0.25) is 10.1 Å². The molecule has 0 radical (unpaired) electrons. The predicted molar refractivity (Wildman–Crippen MR) is 114 cm³/mol. The number of rotatable bonds is 4. The third kappa shape index (κ3) is 3.17. The molecule has 8 heteroatoms. The van der Waals surface area contributed by atoms with Gasteiger partial charge < -0.3 is 9.15 Å².